The molecule has 0 spiro atoms. The number of hydrogen-bond donors (Lipinski definition) is 1. The van der Waals surface area contributed by atoms with E-state index in [1.54, 1.807) is 0 Å². The molecule has 1 unspecified atom stereocenters. The molecule has 1 aromatic carbocycles. The SMILES string of the molecule is COC(=O)C(N)CCOc1ccccc1C(C)C. The van der Waals surface area contributed by atoms with Crippen molar-refractivity contribution >= 4 is 5.97 Å². The third-order valence-electron chi connectivity index (χ3n) is 2.73. The standard InChI is InChI=1S/C14H21NO3/c1-10(2)11-6-4-5-7-13(11)18-9-8-12(15)14(16)17-3/h4-7,10,12H,8-9,15H2,1-3H3. The van der Waals surface area contributed by atoms with Crippen LogP contribution in [0.4, 0.5) is 0 Å². The number of ether oxygens (including phenoxy) is 2. The fourth-order valence-corrected chi connectivity index (χ4v) is 1.65. The van der Waals surface area contributed by atoms with Crippen LogP contribution in [0.25, 0.3) is 0 Å². The summed E-state index contributed by atoms with van der Waals surface area (Å²) in [6.45, 7) is 4.63. The fourth-order valence-electron chi connectivity index (χ4n) is 1.65. The lowest BCUT2D eigenvalue weighted by Crippen LogP contribution is -2.33. The van der Waals surface area contributed by atoms with E-state index in [1.807, 2.05) is 24.3 Å². The molecule has 4 nitrogen and oxygen atoms in total. The number of esters is 1. The molecule has 0 aliphatic heterocycles. The minimum atomic E-state index is -0.624. The topological polar surface area (TPSA) is 61.5 Å². The number of methoxy groups -OCH3 is 1. The predicted octanol–water partition coefficient (Wildman–Crippen LogP) is 2.08. The number of carbonyl (C=O) groups excluding carboxylic acids is 1. The Labute approximate surface area is 108 Å². The van der Waals surface area contributed by atoms with Crippen LogP contribution in [0.5, 0.6) is 5.75 Å². The van der Waals surface area contributed by atoms with Crippen LogP contribution in [-0.2, 0) is 9.53 Å². The van der Waals surface area contributed by atoms with Crippen LogP contribution in [-0.4, -0.2) is 25.7 Å². The monoisotopic (exact) mass is 251 g/mol. The maximum absolute atomic E-state index is 11.1. The first-order chi connectivity index (χ1) is 8.56. The van der Waals surface area contributed by atoms with Gasteiger partial charge in [0, 0.05) is 6.42 Å². The molecular formula is C14H21NO3. The number of para-hydroxylation sites is 1. The maximum atomic E-state index is 11.1. The lowest BCUT2D eigenvalue weighted by molar-refractivity contribution is -0.142. The Kier molecular flexibility index (Phi) is 5.65. The number of benzene rings is 1. The van der Waals surface area contributed by atoms with Gasteiger partial charge in [-0.15, -0.1) is 0 Å². The highest BCUT2D eigenvalue weighted by Gasteiger charge is 2.14. The van der Waals surface area contributed by atoms with Crippen molar-refractivity contribution in [3.05, 3.63) is 29.8 Å². The van der Waals surface area contributed by atoms with Crippen molar-refractivity contribution in [2.24, 2.45) is 5.73 Å². The Morgan fingerprint density at radius 1 is 1.33 bits per heavy atom. The average Bonchev–Trinajstić information content (AvgIpc) is 2.38. The van der Waals surface area contributed by atoms with Crippen molar-refractivity contribution in [2.75, 3.05) is 13.7 Å². The zero-order chi connectivity index (χ0) is 13.5. The summed E-state index contributed by atoms with van der Waals surface area (Å²) in [4.78, 5) is 11.1. The molecule has 0 saturated carbocycles. The van der Waals surface area contributed by atoms with Gasteiger partial charge in [-0.25, -0.2) is 0 Å². The minimum absolute atomic E-state index is 0.399. The zero-order valence-corrected chi connectivity index (χ0v) is 11.2. The normalized spacial score (nSPS) is 12.3. The van der Waals surface area contributed by atoms with E-state index in [0.717, 1.165) is 11.3 Å². The van der Waals surface area contributed by atoms with Crippen molar-refractivity contribution < 1.29 is 14.3 Å². The van der Waals surface area contributed by atoms with Crippen LogP contribution in [0.3, 0.4) is 0 Å². The summed E-state index contributed by atoms with van der Waals surface area (Å²) < 4.78 is 10.2. The molecule has 1 aromatic rings. The summed E-state index contributed by atoms with van der Waals surface area (Å²) in [6, 6.07) is 7.27. The molecule has 18 heavy (non-hydrogen) atoms. The van der Waals surface area contributed by atoms with Crippen molar-refractivity contribution in [1.82, 2.24) is 0 Å². The Hall–Kier alpha value is -1.55. The number of hydrogen-bond acceptors (Lipinski definition) is 4. The average molecular weight is 251 g/mol. The van der Waals surface area contributed by atoms with E-state index in [1.165, 1.54) is 7.11 Å². The van der Waals surface area contributed by atoms with E-state index >= 15 is 0 Å². The maximum Gasteiger partial charge on any atom is 0.322 e. The highest BCUT2D eigenvalue weighted by molar-refractivity contribution is 5.75. The lowest BCUT2D eigenvalue weighted by Gasteiger charge is -2.15. The van der Waals surface area contributed by atoms with Crippen LogP contribution >= 0.6 is 0 Å². The zero-order valence-electron chi connectivity index (χ0n) is 11.2. The molecule has 0 aliphatic rings. The van der Waals surface area contributed by atoms with Crippen molar-refractivity contribution in [1.29, 1.82) is 0 Å². The predicted molar refractivity (Wildman–Crippen MR) is 70.6 cm³/mol. The van der Waals surface area contributed by atoms with E-state index in [-0.39, 0.29) is 0 Å². The lowest BCUT2D eigenvalue weighted by atomic mass is 10.0. The largest absolute Gasteiger partial charge is 0.493 e. The van der Waals surface area contributed by atoms with Gasteiger partial charge in [0.2, 0.25) is 0 Å². The van der Waals surface area contributed by atoms with Crippen LogP contribution in [0.2, 0.25) is 0 Å². The molecule has 0 saturated heterocycles. The summed E-state index contributed by atoms with van der Waals surface area (Å²) in [5.74, 6) is 0.843. The molecule has 1 atom stereocenters. The molecule has 100 valence electrons. The van der Waals surface area contributed by atoms with Gasteiger partial charge in [-0.1, -0.05) is 32.0 Å². The molecule has 1 rings (SSSR count). The molecule has 0 fully saturated rings. The van der Waals surface area contributed by atoms with Gasteiger partial charge in [0.25, 0.3) is 0 Å². The third-order valence-corrected chi connectivity index (χ3v) is 2.73. The van der Waals surface area contributed by atoms with Gasteiger partial charge in [-0.3, -0.25) is 4.79 Å². The van der Waals surface area contributed by atoms with Gasteiger partial charge in [-0.2, -0.15) is 0 Å². The number of carbonyl (C=O) groups is 1. The summed E-state index contributed by atoms with van der Waals surface area (Å²) in [7, 11) is 1.33. The van der Waals surface area contributed by atoms with Gasteiger partial charge in [0.15, 0.2) is 0 Å². The van der Waals surface area contributed by atoms with Gasteiger partial charge in [0.1, 0.15) is 11.8 Å². The summed E-state index contributed by atoms with van der Waals surface area (Å²) in [5.41, 5.74) is 6.79. The van der Waals surface area contributed by atoms with Crippen LogP contribution in [0.1, 0.15) is 31.7 Å². The van der Waals surface area contributed by atoms with Crippen molar-refractivity contribution in [3.8, 4) is 5.75 Å². The van der Waals surface area contributed by atoms with Crippen LogP contribution in [0, 0.1) is 0 Å². The smallest absolute Gasteiger partial charge is 0.322 e. The number of nitrogens with two attached hydrogens (primary N) is 1. The highest BCUT2D eigenvalue weighted by atomic mass is 16.5. The molecule has 0 amide bonds. The molecule has 0 radical (unpaired) electrons. The molecule has 2 N–H and O–H groups in total. The molecular weight excluding hydrogens is 230 g/mol. The minimum Gasteiger partial charge on any atom is -0.493 e. The van der Waals surface area contributed by atoms with Gasteiger partial charge >= 0.3 is 5.97 Å². The molecule has 4 heteroatoms. The highest BCUT2D eigenvalue weighted by Crippen LogP contribution is 2.25. The van der Waals surface area contributed by atoms with E-state index in [0.29, 0.717) is 18.9 Å². The van der Waals surface area contributed by atoms with E-state index in [9.17, 15) is 4.79 Å². The Morgan fingerprint density at radius 3 is 2.61 bits per heavy atom. The Morgan fingerprint density at radius 2 is 2.00 bits per heavy atom. The fraction of sp³-hybridized carbons (Fsp3) is 0.500. The first-order valence-corrected chi connectivity index (χ1v) is 6.11. The molecule has 0 bridgehead atoms. The molecule has 0 aromatic heterocycles. The van der Waals surface area contributed by atoms with Crippen LogP contribution < -0.4 is 10.5 Å². The first kappa shape index (κ1) is 14.5. The van der Waals surface area contributed by atoms with Crippen molar-refractivity contribution in [2.45, 2.75) is 32.2 Å². The molecule has 0 heterocycles. The quantitative estimate of drug-likeness (QED) is 0.786. The Balaban J connectivity index is 2.51. The molecule has 0 aliphatic carbocycles. The van der Waals surface area contributed by atoms with E-state index in [4.69, 9.17) is 10.5 Å². The summed E-state index contributed by atoms with van der Waals surface area (Å²) >= 11 is 0. The summed E-state index contributed by atoms with van der Waals surface area (Å²) in [6.07, 6.45) is 0.444. The summed E-state index contributed by atoms with van der Waals surface area (Å²) in [5, 5.41) is 0. The van der Waals surface area contributed by atoms with Crippen molar-refractivity contribution in [3.63, 3.8) is 0 Å². The first-order valence-electron chi connectivity index (χ1n) is 6.11. The number of rotatable bonds is 6. The second-order valence-corrected chi connectivity index (χ2v) is 4.46. The van der Waals surface area contributed by atoms with E-state index < -0.39 is 12.0 Å². The van der Waals surface area contributed by atoms with Gasteiger partial charge in [0.05, 0.1) is 13.7 Å². The van der Waals surface area contributed by atoms with Gasteiger partial charge in [-0.05, 0) is 17.5 Å². The van der Waals surface area contributed by atoms with Crippen LogP contribution in [0.15, 0.2) is 24.3 Å². The second-order valence-electron chi connectivity index (χ2n) is 4.46. The second kappa shape index (κ2) is 7.01. The Bertz CT molecular complexity index is 390. The van der Waals surface area contributed by atoms with E-state index in [2.05, 4.69) is 18.6 Å². The third kappa shape index (κ3) is 4.04. The van der Waals surface area contributed by atoms with Gasteiger partial charge < -0.3 is 15.2 Å².